The molecule has 1 atom stereocenters. The van der Waals surface area contributed by atoms with E-state index in [1.165, 1.54) is 12.0 Å². The molecule has 1 aromatic carbocycles. The van der Waals surface area contributed by atoms with Crippen LogP contribution in [0.3, 0.4) is 0 Å². The van der Waals surface area contributed by atoms with E-state index in [9.17, 15) is 19.2 Å². The average molecular weight is 376 g/mol. The molecule has 0 unspecified atom stereocenters. The molecule has 8 heteroatoms. The van der Waals surface area contributed by atoms with Gasteiger partial charge in [-0.1, -0.05) is 18.2 Å². The maximum atomic E-state index is 12.9. The van der Waals surface area contributed by atoms with Crippen LogP contribution >= 0.6 is 0 Å². The van der Waals surface area contributed by atoms with Gasteiger partial charge in [0.25, 0.3) is 0 Å². The zero-order valence-electron chi connectivity index (χ0n) is 15.9. The molecule has 3 amide bonds. The largest absolute Gasteiger partial charge is 0.468 e. The Bertz CT molecular complexity index is 725. The highest BCUT2D eigenvalue weighted by atomic mass is 16.6. The van der Waals surface area contributed by atoms with Crippen LogP contribution in [0.5, 0.6) is 0 Å². The van der Waals surface area contributed by atoms with Crippen molar-refractivity contribution in [3.05, 3.63) is 30.3 Å². The standard InChI is InChI=1S/C19H24N2O6/c1-19(2,3)27-16(23)11-14-10-15(22)21(13-8-6-5-7-9-13)18(25)20(14)12-17(24)26-4/h5-9,14H,10-12H2,1-4H3/t14-/m1/s1. The highest BCUT2D eigenvalue weighted by molar-refractivity contribution is 6.16. The summed E-state index contributed by atoms with van der Waals surface area (Å²) in [7, 11) is 1.21. The third kappa shape index (κ3) is 5.29. The van der Waals surface area contributed by atoms with E-state index in [2.05, 4.69) is 4.74 Å². The number of ether oxygens (including phenoxy) is 2. The maximum absolute atomic E-state index is 12.9. The number of hydrogen-bond acceptors (Lipinski definition) is 6. The zero-order chi connectivity index (χ0) is 20.2. The fourth-order valence-electron chi connectivity index (χ4n) is 2.78. The van der Waals surface area contributed by atoms with Crippen LogP contribution in [-0.4, -0.2) is 54.1 Å². The van der Waals surface area contributed by atoms with Gasteiger partial charge in [0.05, 0.1) is 25.3 Å². The van der Waals surface area contributed by atoms with Crippen molar-refractivity contribution in [1.29, 1.82) is 0 Å². The first kappa shape index (κ1) is 20.4. The highest BCUT2D eigenvalue weighted by Gasteiger charge is 2.41. The number of carbonyl (C=O) groups is 4. The van der Waals surface area contributed by atoms with Gasteiger partial charge in [-0.05, 0) is 32.9 Å². The summed E-state index contributed by atoms with van der Waals surface area (Å²) in [6, 6.07) is 6.97. The van der Waals surface area contributed by atoms with Crippen LogP contribution in [0, 0.1) is 0 Å². The maximum Gasteiger partial charge on any atom is 0.332 e. The Balaban J connectivity index is 2.26. The van der Waals surface area contributed by atoms with E-state index in [-0.39, 0.29) is 19.4 Å². The Labute approximate surface area is 158 Å². The number of carbonyl (C=O) groups excluding carboxylic acids is 4. The predicted octanol–water partition coefficient (Wildman–Crippen LogP) is 2.12. The highest BCUT2D eigenvalue weighted by Crippen LogP contribution is 2.26. The minimum absolute atomic E-state index is 0.100. The van der Waals surface area contributed by atoms with Gasteiger partial charge < -0.3 is 14.4 Å². The summed E-state index contributed by atoms with van der Waals surface area (Å²) in [5.41, 5.74) is -0.290. The second-order valence-corrected chi connectivity index (χ2v) is 7.20. The molecule has 1 heterocycles. The van der Waals surface area contributed by atoms with E-state index < -0.39 is 35.5 Å². The summed E-state index contributed by atoms with van der Waals surface area (Å²) in [6.45, 7) is 4.82. The molecule has 1 aromatic rings. The molecule has 1 aliphatic heterocycles. The number of imide groups is 1. The van der Waals surface area contributed by atoms with Crippen LogP contribution in [-0.2, 0) is 23.9 Å². The van der Waals surface area contributed by atoms with Crippen LogP contribution in [0.15, 0.2) is 30.3 Å². The molecule has 27 heavy (non-hydrogen) atoms. The molecule has 0 aromatic heterocycles. The molecular weight excluding hydrogens is 352 g/mol. The lowest BCUT2D eigenvalue weighted by atomic mass is 10.0. The van der Waals surface area contributed by atoms with Crippen molar-refractivity contribution in [2.24, 2.45) is 0 Å². The van der Waals surface area contributed by atoms with Crippen LogP contribution in [0.2, 0.25) is 0 Å². The summed E-state index contributed by atoms with van der Waals surface area (Å²) in [5, 5.41) is 0. The number of rotatable bonds is 5. The smallest absolute Gasteiger partial charge is 0.332 e. The van der Waals surface area contributed by atoms with Gasteiger partial charge in [-0.2, -0.15) is 0 Å². The van der Waals surface area contributed by atoms with E-state index in [1.54, 1.807) is 51.1 Å². The molecule has 1 fully saturated rings. The van der Waals surface area contributed by atoms with Gasteiger partial charge in [0.1, 0.15) is 12.1 Å². The Morgan fingerprint density at radius 2 is 1.74 bits per heavy atom. The van der Waals surface area contributed by atoms with Gasteiger partial charge in [0, 0.05) is 6.42 Å². The number of nitrogens with zero attached hydrogens (tertiary/aromatic N) is 2. The van der Waals surface area contributed by atoms with Gasteiger partial charge >= 0.3 is 18.0 Å². The van der Waals surface area contributed by atoms with Gasteiger partial charge in [-0.25, -0.2) is 9.69 Å². The van der Waals surface area contributed by atoms with E-state index in [0.717, 1.165) is 4.90 Å². The van der Waals surface area contributed by atoms with Crippen molar-refractivity contribution in [3.63, 3.8) is 0 Å². The molecule has 2 rings (SSSR count). The van der Waals surface area contributed by atoms with Gasteiger partial charge in [-0.15, -0.1) is 0 Å². The summed E-state index contributed by atoms with van der Waals surface area (Å²) in [4.78, 5) is 51.7. The first-order chi connectivity index (χ1) is 12.6. The number of benzene rings is 1. The Kier molecular flexibility index (Phi) is 6.20. The number of methoxy groups -OCH3 is 1. The van der Waals surface area contributed by atoms with Crippen LogP contribution in [0.1, 0.15) is 33.6 Å². The average Bonchev–Trinajstić information content (AvgIpc) is 2.57. The zero-order valence-corrected chi connectivity index (χ0v) is 15.9. The lowest BCUT2D eigenvalue weighted by molar-refractivity contribution is -0.157. The third-order valence-corrected chi connectivity index (χ3v) is 3.90. The SMILES string of the molecule is COC(=O)CN1C(=O)N(c2ccccc2)C(=O)C[C@@H]1CC(=O)OC(C)(C)C. The quantitative estimate of drug-likeness (QED) is 0.731. The normalized spacial score (nSPS) is 17.7. The number of anilines is 1. The van der Waals surface area contributed by atoms with Crippen molar-refractivity contribution in [1.82, 2.24) is 4.90 Å². The monoisotopic (exact) mass is 376 g/mol. The van der Waals surface area contributed by atoms with Gasteiger partial charge in [0.15, 0.2) is 0 Å². The van der Waals surface area contributed by atoms with Crippen molar-refractivity contribution in [2.75, 3.05) is 18.6 Å². The van der Waals surface area contributed by atoms with Crippen LogP contribution in [0.4, 0.5) is 10.5 Å². The fourth-order valence-corrected chi connectivity index (χ4v) is 2.78. The number of para-hydroxylation sites is 1. The first-order valence-electron chi connectivity index (χ1n) is 8.59. The molecule has 146 valence electrons. The van der Waals surface area contributed by atoms with E-state index in [0.29, 0.717) is 5.69 Å². The minimum atomic E-state index is -0.779. The van der Waals surface area contributed by atoms with Crippen molar-refractivity contribution in [2.45, 2.75) is 45.3 Å². The third-order valence-electron chi connectivity index (χ3n) is 3.90. The van der Waals surface area contributed by atoms with Crippen LogP contribution in [0.25, 0.3) is 0 Å². The molecule has 0 N–H and O–H groups in total. The molecule has 0 bridgehead atoms. The molecule has 0 aliphatic carbocycles. The lowest BCUT2D eigenvalue weighted by Gasteiger charge is -2.39. The summed E-state index contributed by atoms with van der Waals surface area (Å²) in [6.07, 6.45) is -0.286. The number of amides is 3. The molecular formula is C19H24N2O6. The predicted molar refractivity (Wildman–Crippen MR) is 96.9 cm³/mol. The molecule has 0 spiro atoms. The lowest BCUT2D eigenvalue weighted by Crippen LogP contribution is -2.59. The summed E-state index contributed by atoms with van der Waals surface area (Å²) >= 11 is 0. The van der Waals surface area contributed by atoms with Crippen LogP contribution < -0.4 is 4.90 Å². The second-order valence-electron chi connectivity index (χ2n) is 7.20. The Morgan fingerprint density at radius 1 is 1.11 bits per heavy atom. The number of esters is 2. The summed E-state index contributed by atoms with van der Waals surface area (Å²) < 4.78 is 9.93. The van der Waals surface area contributed by atoms with E-state index >= 15 is 0 Å². The van der Waals surface area contributed by atoms with Crippen molar-refractivity contribution in [3.8, 4) is 0 Å². The number of urea groups is 1. The first-order valence-corrected chi connectivity index (χ1v) is 8.59. The van der Waals surface area contributed by atoms with Crippen molar-refractivity contribution >= 4 is 29.6 Å². The molecule has 8 nitrogen and oxygen atoms in total. The van der Waals surface area contributed by atoms with E-state index in [4.69, 9.17) is 4.74 Å². The fraction of sp³-hybridized carbons (Fsp3) is 0.474. The second kappa shape index (κ2) is 8.20. The topological polar surface area (TPSA) is 93.2 Å². The van der Waals surface area contributed by atoms with Gasteiger partial charge in [0.2, 0.25) is 5.91 Å². The molecule has 1 saturated heterocycles. The minimum Gasteiger partial charge on any atom is -0.468 e. The number of hydrogen-bond donors (Lipinski definition) is 0. The molecule has 0 radical (unpaired) electrons. The molecule has 0 saturated carbocycles. The Hall–Kier alpha value is -2.90. The summed E-state index contributed by atoms with van der Waals surface area (Å²) in [5.74, 6) is -1.63. The van der Waals surface area contributed by atoms with Crippen molar-refractivity contribution < 1.29 is 28.7 Å². The van der Waals surface area contributed by atoms with E-state index in [1.807, 2.05) is 0 Å². The Morgan fingerprint density at radius 3 is 2.30 bits per heavy atom. The molecule has 1 aliphatic rings. The van der Waals surface area contributed by atoms with Gasteiger partial charge in [-0.3, -0.25) is 14.4 Å².